The van der Waals surface area contributed by atoms with Crippen LogP contribution in [0.2, 0.25) is 0 Å². The molecule has 0 aliphatic carbocycles. The Bertz CT molecular complexity index is 439. The number of nitrogens with two attached hydrogens (primary N) is 1. The molecule has 3 N–H and O–H groups in total. The number of thiophene rings is 1. The summed E-state index contributed by atoms with van der Waals surface area (Å²) in [6.07, 6.45) is 0. The van der Waals surface area contributed by atoms with Gasteiger partial charge in [0.1, 0.15) is 5.00 Å². The van der Waals surface area contributed by atoms with Crippen molar-refractivity contribution in [1.82, 2.24) is 0 Å². The highest BCUT2D eigenvalue weighted by Gasteiger charge is 2.08. The van der Waals surface area contributed by atoms with Gasteiger partial charge in [0.15, 0.2) is 0 Å². The fourth-order valence-corrected chi connectivity index (χ4v) is 2.14. The zero-order valence-corrected chi connectivity index (χ0v) is 7.41. The predicted octanol–water partition coefficient (Wildman–Crippen LogP) is 2.18. The maximum absolute atomic E-state index is 10.6. The number of anilines is 2. The van der Waals surface area contributed by atoms with Gasteiger partial charge in [0, 0.05) is 10.1 Å². The van der Waals surface area contributed by atoms with Gasteiger partial charge in [0.25, 0.3) is 0 Å². The topological polar surface area (TPSA) is 72.5 Å². The quantitative estimate of drug-likeness (QED) is 0.684. The summed E-state index contributed by atoms with van der Waals surface area (Å²) >= 11 is 1.17. The van der Waals surface area contributed by atoms with Gasteiger partial charge in [-0.2, -0.15) is 0 Å². The Morgan fingerprint density at radius 3 is 2.69 bits per heavy atom. The fraction of sp³-hybridized carbons (Fsp3) is 0. The SMILES string of the molecule is Nc1c(N([O-])O)sc2ccccc12. The molecule has 1 aromatic heterocycles. The second-order valence-corrected chi connectivity index (χ2v) is 3.62. The zero-order chi connectivity index (χ0) is 9.42. The molecule has 2 aromatic rings. The lowest BCUT2D eigenvalue weighted by atomic mass is 10.2. The summed E-state index contributed by atoms with van der Waals surface area (Å²) in [4.78, 5) is 0. The predicted molar refractivity (Wildman–Crippen MR) is 53.9 cm³/mol. The van der Waals surface area contributed by atoms with Crippen LogP contribution in [-0.4, -0.2) is 5.21 Å². The van der Waals surface area contributed by atoms with E-state index in [0.29, 0.717) is 5.69 Å². The van der Waals surface area contributed by atoms with Crippen molar-refractivity contribution < 1.29 is 5.21 Å². The van der Waals surface area contributed by atoms with Gasteiger partial charge in [-0.15, -0.1) is 11.3 Å². The van der Waals surface area contributed by atoms with Crippen molar-refractivity contribution in [2.75, 3.05) is 11.0 Å². The molecular formula is C8H7N2O2S-. The minimum absolute atomic E-state index is 0.140. The summed E-state index contributed by atoms with van der Waals surface area (Å²) in [7, 11) is 0. The highest BCUT2D eigenvalue weighted by atomic mass is 32.1. The molecule has 0 atom stereocenters. The van der Waals surface area contributed by atoms with E-state index >= 15 is 0 Å². The van der Waals surface area contributed by atoms with Crippen LogP contribution < -0.4 is 11.0 Å². The standard InChI is InChI=1S/C8H7N2O2S/c9-7-5-3-1-2-4-6(5)13-8(7)10(11)12/h1-4,11H,9H2/q-1. The monoisotopic (exact) mass is 195 g/mol. The lowest BCUT2D eigenvalue weighted by molar-refractivity contribution is 0.299. The molecule has 1 aromatic carbocycles. The smallest absolute Gasteiger partial charge is 0.129 e. The van der Waals surface area contributed by atoms with Gasteiger partial charge in [-0.25, -0.2) is 0 Å². The Balaban J connectivity index is 2.74. The van der Waals surface area contributed by atoms with Crippen molar-refractivity contribution in [3.63, 3.8) is 0 Å². The van der Waals surface area contributed by atoms with E-state index in [0.717, 1.165) is 10.1 Å². The highest BCUT2D eigenvalue weighted by molar-refractivity contribution is 7.23. The number of fused-ring (bicyclic) bond motifs is 1. The van der Waals surface area contributed by atoms with Crippen molar-refractivity contribution in [3.8, 4) is 0 Å². The van der Waals surface area contributed by atoms with Crippen molar-refractivity contribution in [1.29, 1.82) is 0 Å². The van der Waals surface area contributed by atoms with E-state index in [-0.39, 0.29) is 10.2 Å². The van der Waals surface area contributed by atoms with Gasteiger partial charge in [-0.3, -0.25) is 5.21 Å². The van der Waals surface area contributed by atoms with Crippen molar-refractivity contribution in [2.24, 2.45) is 0 Å². The molecule has 0 aliphatic heterocycles. The molecule has 0 amide bonds. The average molecular weight is 195 g/mol. The Hall–Kier alpha value is -1.30. The molecular weight excluding hydrogens is 188 g/mol. The van der Waals surface area contributed by atoms with Gasteiger partial charge in [-0.05, 0) is 6.07 Å². The van der Waals surface area contributed by atoms with E-state index in [4.69, 9.17) is 10.9 Å². The first-order valence-corrected chi connectivity index (χ1v) is 4.45. The third kappa shape index (κ3) is 1.23. The lowest BCUT2D eigenvalue weighted by Gasteiger charge is -2.19. The number of rotatable bonds is 1. The van der Waals surface area contributed by atoms with Crippen LogP contribution >= 0.6 is 11.3 Å². The van der Waals surface area contributed by atoms with E-state index in [9.17, 15) is 5.21 Å². The first-order valence-electron chi connectivity index (χ1n) is 3.63. The van der Waals surface area contributed by atoms with Gasteiger partial charge >= 0.3 is 0 Å². The molecule has 5 heteroatoms. The third-order valence-corrected chi connectivity index (χ3v) is 2.93. The molecule has 0 fully saturated rings. The maximum Gasteiger partial charge on any atom is 0.129 e. The van der Waals surface area contributed by atoms with Gasteiger partial charge in [0.05, 0.1) is 5.69 Å². The molecule has 1 heterocycles. The number of hydrogen-bond donors (Lipinski definition) is 2. The first-order chi connectivity index (χ1) is 6.20. The molecule has 2 rings (SSSR count). The first kappa shape index (κ1) is 8.31. The largest absolute Gasteiger partial charge is 0.733 e. The Morgan fingerprint density at radius 2 is 2.08 bits per heavy atom. The van der Waals surface area contributed by atoms with Crippen molar-refractivity contribution in [2.45, 2.75) is 0 Å². The molecule has 68 valence electrons. The van der Waals surface area contributed by atoms with E-state index < -0.39 is 0 Å². The Kier molecular flexibility index (Phi) is 1.84. The summed E-state index contributed by atoms with van der Waals surface area (Å²) in [5, 5.41) is 20.1. The normalized spacial score (nSPS) is 10.6. The van der Waals surface area contributed by atoms with E-state index in [1.807, 2.05) is 24.3 Å². The molecule has 13 heavy (non-hydrogen) atoms. The van der Waals surface area contributed by atoms with E-state index in [1.54, 1.807) is 0 Å². The summed E-state index contributed by atoms with van der Waals surface area (Å²) < 4.78 is 0.893. The fourth-order valence-electron chi connectivity index (χ4n) is 1.19. The second-order valence-electron chi connectivity index (χ2n) is 2.59. The van der Waals surface area contributed by atoms with Crippen molar-refractivity contribution in [3.05, 3.63) is 29.5 Å². The average Bonchev–Trinajstić information content (AvgIpc) is 2.45. The summed E-state index contributed by atoms with van der Waals surface area (Å²) in [5.41, 5.74) is 5.98. The van der Waals surface area contributed by atoms with Gasteiger partial charge < -0.3 is 16.2 Å². The molecule has 0 saturated carbocycles. The van der Waals surface area contributed by atoms with Crippen LogP contribution in [0.25, 0.3) is 10.1 Å². The van der Waals surface area contributed by atoms with Crippen LogP contribution in [0.1, 0.15) is 0 Å². The van der Waals surface area contributed by atoms with Crippen LogP contribution in [0.15, 0.2) is 24.3 Å². The number of benzene rings is 1. The molecule has 0 saturated heterocycles. The summed E-state index contributed by atoms with van der Waals surface area (Å²) in [6.45, 7) is 0. The number of nitrogens with zero attached hydrogens (tertiary/aromatic N) is 1. The second kappa shape index (κ2) is 2.88. The maximum atomic E-state index is 10.6. The summed E-state index contributed by atoms with van der Waals surface area (Å²) in [6, 6.07) is 7.35. The Labute approximate surface area is 78.3 Å². The number of hydrogen-bond acceptors (Lipinski definition) is 5. The van der Waals surface area contributed by atoms with E-state index in [1.165, 1.54) is 11.3 Å². The van der Waals surface area contributed by atoms with Crippen LogP contribution in [0.5, 0.6) is 0 Å². The molecule has 0 radical (unpaired) electrons. The highest BCUT2D eigenvalue weighted by Crippen LogP contribution is 2.39. The van der Waals surface area contributed by atoms with Crippen LogP contribution in [0.3, 0.4) is 0 Å². The lowest BCUT2D eigenvalue weighted by Crippen LogP contribution is -2.06. The Morgan fingerprint density at radius 1 is 1.38 bits per heavy atom. The molecule has 0 unspecified atom stereocenters. The van der Waals surface area contributed by atoms with Gasteiger partial charge in [0.2, 0.25) is 0 Å². The molecule has 0 spiro atoms. The van der Waals surface area contributed by atoms with E-state index in [2.05, 4.69) is 0 Å². The number of nitrogen functional groups attached to an aromatic ring is 1. The molecule has 0 bridgehead atoms. The molecule has 0 aliphatic rings. The van der Waals surface area contributed by atoms with Crippen LogP contribution in [0.4, 0.5) is 10.7 Å². The third-order valence-electron chi connectivity index (χ3n) is 1.79. The van der Waals surface area contributed by atoms with Crippen LogP contribution in [-0.2, 0) is 0 Å². The minimum atomic E-state index is -0.194. The van der Waals surface area contributed by atoms with Gasteiger partial charge in [-0.1, -0.05) is 18.2 Å². The van der Waals surface area contributed by atoms with Crippen molar-refractivity contribution >= 4 is 32.1 Å². The summed E-state index contributed by atoms with van der Waals surface area (Å²) in [5.74, 6) is 0. The molecule has 4 nitrogen and oxygen atoms in total. The zero-order valence-electron chi connectivity index (χ0n) is 6.60. The minimum Gasteiger partial charge on any atom is -0.733 e. The van der Waals surface area contributed by atoms with Crippen LogP contribution in [0, 0.1) is 5.21 Å².